The molecule has 96 valence electrons. The Bertz CT molecular complexity index is 338. The fraction of sp³-hybridized carbons (Fsp3) is 0.714. The van der Waals surface area contributed by atoms with Gasteiger partial charge in [-0.3, -0.25) is 0 Å². The number of hydrogen-bond donors (Lipinski definition) is 1. The highest BCUT2D eigenvalue weighted by atomic mass is 32.1. The molecule has 1 aliphatic rings. The van der Waals surface area contributed by atoms with Crippen molar-refractivity contribution >= 4 is 11.3 Å². The van der Waals surface area contributed by atoms with Crippen LogP contribution >= 0.6 is 11.3 Å². The quantitative estimate of drug-likeness (QED) is 0.838. The van der Waals surface area contributed by atoms with Gasteiger partial charge >= 0.3 is 0 Å². The summed E-state index contributed by atoms with van der Waals surface area (Å²) in [6.07, 6.45) is 2.75. The molecule has 3 atom stereocenters. The van der Waals surface area contributed by atoms with Crippen molar-refractivity contribution in [3.05, 3.63) is 22.4 Å². The lowest BCUT2D eigenvalue weighted by atomic mass is 9.61. The predicted molar refractivity (Wildman–Crippen MR) is 73.4 cm³/mol. The van der Waals surface area contributed by atoms with Gasteiger partial charge in [-0.25, -0.2) is 0 Å². The molecule has 0 amide bonds. The lowest BCUT2D eigenvalue weighted by Gasteiger charge is -2.53. The SMILES string of the molecule is CCNC1CC(OCc2cccs2)C1(C)CC. The van der Waals surface area contributed by atoms with Crippen LogP contribution in [-0.2, 0) is 11.3 Å². The van der Waals surface area contributed by atoms with Crippen LogP contribution in [0.4, 0.5) is 0 Å². The second kappa shape index (κ2) is 5.51. The van der Waals surface area contributed by atoms with Crippen LogP contribution in [-0.4, -0.2) is 18.7 Å². The molecule has 3 heteroatoms. The molecule has 2 rings (SSSR count). The summed E-state index contributed by atoms with van der Waals surface area (Å²) in [4.78, 5) is 1.33. The molecule has 0 bridgehead atoms. The highest BCUT2D eigenvalue weighted by molar-refractivity contribution is 7.09. The number of nitrogens with one attached hydrogen (secondary N) is 1. The van der Waals surface area contributed by atoms with Crippen molar-refractivity contribution in [3.8, 4) is 0 Å². The maximum absolute atomic E-state index is 6.08. The van der Waals surface area contributed by atoms with Crippen molar-refractivity contribution in [1.82, 2.24) is 5.32 Å². The minimum absolute atomic E-state index is 0.313. The van der Waals surface area contributed by atoms with E-state index in [0.29, 0.717) is 17.6 Å². The molecule has 1 saturated carbocycles. The number of ether oxygens (including phenoxy) is 1. The van der Waals surface area contributed by atoms with Gasteiger partial charge in [-0.15, -0.1) is 11.3 Å². The van der Waals surface area contributed by atoms with Gasteiger partial charge in [0.1, 0.15) is 0 Å². The highest BCUT2D eigenvalue weighted by Crippen LogP contribution is 2.46. The molecule has 1 fully saturated rings. The van der Waals surface area contributed by atoms with Crippen molar-refractivity contribution in [3.63, 3.8) is 0 Å². The molecular weight excluding hydrogens is 230 g/mol. The van der Waals surface area contributed by atoms with E-state index in [1.54, 1.807) is 11.3 Å². The highest BCUT2D eigenvalue weighted by Gasteiger charge is 2.50. The fourth-order valence-corrected chi connectivity index (χ4v) is 3.31. The zero-order valence-electron chi connectivity index (χ0n) is 11.0. The molecule has 17 heavy (non-hydrogen) atoms. The number of rotatable bonds is 6. The molecule has 2 nitrogen and oxygen atoms in total. The molecule has 0 radical (unpaired) electrons. The second-order valence-electron chi connectivity index (χ2n) is 5.08. The normalized spacial score (nSPS) is 32.4. The van der Waals surface area contributed by atoms with Gasteiger partial charge in [0.2, 0.25) is 0 Å². The Kier molecular flexibility index (Phi) is 4.23. The molecule has 1 aromatic heterocycles. The molecule has 0 aromatic carbocycles. The summed E-state index contributed by atoms with van der Waals surface area (Å²) >= 11 is 1.78. The topological polar surface area (TPSA) is 21.3 Å². The van der Waals surface area contributed by atoms with Gasteiger partial charge in [-0.2, -0.15) is 0 Å². The molecule has 1 N–H and O–H groups in total. The van der Waals surface area contributed by atoms with E-state index in [0.717, 1.165) is 19.6 Å². The van der Waals surface area contributed by atoms with Crippen LogP contribution in [0.1, 0.15) is 38.5 Å². The van der Waals surface area contributed by atoms with Gasteiger partial charge in [0.25, 0.3) is 0 Å². The average molecular weight is 253 g/mol. The standard InChI is InChI=1S/C14H23NOS/c1-4-14(3)12(15-5-2)9-13(14)16-10-11-7-6-8-17-11/h6-8,12-13,15H,4-5,9-10H2,1-3H3. The summed E-state index contributed by atoms with van der Waals surface area (Å²) in [5.41, 5.74) is 0.313. The number of hydrogen-bond acceptors (Lipinski definition) is 3. The van der Waals surface area contributed by atoms with E-state index in [-0.39, 0.29) is 0 Å². The molecule has 3 unspecified atom stereocenters. The van der Waals surface area contributed by atoms with Crippen molar-refractivity contribution in [2.75, 3.05) is 6.54 Å². The smallest absolute Gasteiger partial charge is 0.0813 e. The first-order valence-electron chi connectivity index (χ1n) is 6.58. The van der Waals surface area contributed by atoms with Gasteiger partial charge in [0.05, 0.1) is 12.7 Å². The van der Waals surface area contributed by atoms with E-state index < -0.39 is 0 Å². The van der Waals surface area contributed by atoms with E-state index in [1.165, 1.54) is 11.3 Å². The molecule has 1 aromatic rings. The molecule has 0 spiro atoms. The van der Waals surface area contributed by atoms with Gasteiger partial charge in [-0.1, -0.05) is 26.8 Å². The fourth-order valence-electron chi connectivity index (χ4n) is 2.69. The summed E-state index contributed by atoms with van der Waals surface area (Å²) in [6, 6.07) is 4.87. The minimum Gasteiger partial charge on any atom is -0.372 e. The Labute approximate surface area is 108 Å². The van der Waals surface area contributed by atoms with Gasteiger partial charge in [0.15, 0.2) is 0 Å². The molecular formula is C14H23NOS. The van der Waals surface area contributed by atoms with Crippen molar-refractivity contribution in [2.45, 2.75) is 52.4 Å². The third-order valence-electron chi connectivity index (χ3n) is 4.20. The van der Waals surface area contributed by atoms with E-state index >= 15 is 0 Å². The summed E-state index contributed by atoms with van der Waals surface area (Å²) < 4.78 is 6.08. The molecule has 0 saturated heterocycles. The predicted octanol–water partition coefficient (Wildman–Crippen LogP) is 3.43. The van der Waals surface area contributed by atoms with E-state index in [1.807, 2.05) is 0 Å². The first-order valence-corrected chi connectivity index (χ1v) is 7.46. The Morgan fingerprint density at radius 1 is 1.53 bits per heavy atom. The van der Waals surface area contributed by atoms with Crippen molar-refractivity contribution in [1.29, 1.82) is 0 Å². The lowest BCUT2D eigenvalue weighted by molar-refractivity contribution is -0.134. The maximum atomic E-state index is 6.08. The van der Waals surface area contributed by atoms with Crippen LogP contribution in [0.25, 0.3) is 0 Å². The molecule has 1 aliphatic carbocycles. The second-order valence-corrected chi connectivity index (χ2v) is 6.12. The zero-order valence-corrected chi connectivity index (χ0v) is 11.8. The van der Waals surface area contributed by atoms with Crippen LogP contribution in [0.2, 0.25) is 0 Å². The number of thiophene rings is 1. The van der Waals surface area contributed by atoms with Crippen molar-refractivity contribution in [2.24, 2.45) is 5.41 Å². The Balaban J connectivity index is 1.86. The molecule has 0 aliphatic heterocycles. The van der Waals surface area contributed by atoms with E-state index in [4.69, 9.17) is 4.74 Å². The van der Waals surface area contributed by atoms with Gasteiger partial charge in [0, 0.05) is 16.3 Å². The van der Waals surface area contributed by atoms with E-state index in [9.17, 15) is 0 Å². The third-order valence-corrected chi connectivity index (χ3v) is 5.05. The van der Waals surface area contributed by atoms with Gasteiger partial charge in [-0.05, 0) is 30.8 Å². The summed E-state index contributed by atoms with van der Waals surface area (Å²) in [5.74, 6) is 0. The third kappa shape index (κ3) is 2.56. The lowest BCUT2D eigenvalue weighted by Crippen LogP contribution is -2.62. The van der Waals surface area contributed by atoms with Crippen LogP contribution in [0.5, 0.6) is 0 Å². The summed E-state index contributed by atoms with van der Waals surface area (Å²) in [7, 11) is 0. The Morgan fingerprint density at radius 2 is 2.35 bits per heavy atom. The minimum atomic E-state index is 0.313. The largest absolute Gasteiger partial charge is 0.372 e. The first kappa shape index (κ1) is 13.1. The van der Waals surface area contributed by atoms with Crippen molar-refractivity contribution < 1.29 is 4.74 Å². The first-order chi connectivity index (χ1) is 8.20. The van der Waals surface area contributed by atoms with Crippen LogP contribution in [0, 0.1) is 5.41 Å². The van der Waals surface area contributed by atoms with Crippen LogP contribution in [0.15, 0.2) is 17.5 Å². The van der Waals surface area contributed by atoms with Crippen LogP contribution < -0.4 is 5.32 Å². The zero-order chi connectivity index (χ0) is 12.3. The van der Waals surface area contributed by atoms with Gasteiger partial charge < -0.3 is 10.1 Å². The summed E-state index contributed by atoms with van der Waals surface area (Å²) in [6.45, 7) is 8.62. The summed E-state index contributed by atoms with van der Waals surface area (Å²) in [5, 5.41) is 5.68. The molecule has 1 heterocycles. The average Bonchev–Trinajstić information content (AvgIpc) is 2.84. The Hall–Kier alpha value is -0.380. The monoisotopic (exact) mass is 253 g/mol. The Morgan fingerprint density at radius 3 is 2.94 bits per heavy atom. The van der Waals surface area contributed by atoms with Crippen LogP contribution in [0.3, 0.4) is 0 Å². The van der Waals surface area contributed by atoms with E-state index in [2.05, 4.69) is 43.6 Å². The maximum Gasteiger partial charge on any atom is 0.0813 e.